The van der Waals surface area contributed by atoms with E-state index < -0.39 is 21.0 Å². The van der Waals surface area contributed by atoms with E-state index in [0.29, 0.717) is 29.6 Å². The highest BCUT2D eigenvalue weighted by Crippen LogP contribution is 2.43. The zero-order valence-corrected chi connectivity index (χ0v) is 16.5. The van der Waals surface area contributed by atoms with Gasteiger partial charge in [-0.3, -0.25) is 0 Å². The van der Waals surface area contributed by atoms with E-state index in [-0.39, 0.29) is 25.0 Å². The molecule has 6 nitrogen and oxygen atoms in total. The molecule has 0 radical (unpaired) electrons. The second-order valence-electron chi connectivity index (χ2n) is 7.17. The zero-order valence-electron chi connectivity index (χ0n) is 15.7. The van der Waals surface area contributed by atoms with E-state index in [4.69, 9.17) is 9.47 Å². The number of hydrogen-bond donors (Lipinski definition) is 0. The van der Waals surface area contributed by atoms with Crippen LogP contribution in [-0.4, -0.2) is 27.6 Å². The average molecular weight is 431 g/mol. The van der Waals surface area contributed by atoms with Crippen LogP contribution in [-0.2, 0) is 19.7 Å². The van der Waals surface area contributed by atoms with Crippen molar-refractivity contribution >= 4 is 10.1 Å². The number of alkyl halides is 3. The minimum Gasteiger partial charge on any atom is -0.493 e. The van der Waals surface area contributed by atoms with Crippen LogP contribution >= 0.6 is 0 Å². The van der Waals surface area contributed by atoms with E-state index in [9.17, 15) is 26.9 Å². The standard InChI is InChI=1S/C19H20F3NO5S/c1-26-16-5-4-14(10-17(16)27-11-13-2-3-13)18(12-23)8-6-15(7-9-18)28-29(24,25)19(20,21)22/h4-6,10,13H,2-3,7-9,11H2,1H3. The maximum Gasteiger partial charge on any atom is 0.534 e. The van der Waals surface area contributed by atoms with Crippen LogP contribution in [0.4, 0.5) is 13.2 Å². The van der Waals surface area contributed by atoms with Crippen molar-refractivity contribution in [3.8, 4) is 17.6 Å². The van der Waals surface area contributed by atoms with E-state index in [1.54, 1.807) is 18.2 Å². The van der Waals surface area contributed by atoms with Crippen molar-refractivity contribution in [3.05, 3.63) is 35.6 Å². The summed E-state index contributed by atoms with van der Waals surface area (Å²) >= 11 is 0. The summed E-state index contributed by atoms with van der Waals surface area (Å²) in [4.78, 5) is 0. The number of hydrogen-bond acceptors (Lipinski definition) is 6. The average Bonchev–Trinajstić information content (AvgIpc) is 3.50. The molecule has 158 valence electrons. The van der Waals surface area contributed by atoms with Crippen molar-refractivity contribution in [1.29, 1.82) is 5.26 Å². The molecule has 0 saturated heterocycles. The molecule has 0 N–H and O–H groups in total. The van der Waals surface area contributed by atoms with Gasteiger partial charge in [0, 0.05) is 6.42 Å². The van der Waals surface area contributed by atoms with E-state index >= 15 is 0 Å². The topological polar surface area (TPSA) is 85.6 Å². The normalized spacial score (nSPS) is 22.4. The predicted molar refractivity (Wildman–Crippen MR) is 96.5 cm³/mol. The quantitative estimate of drug-likeness (QED) is 0.476. The molecule has 10 heteroatoms. The highest BCUT2D eigenvalue weighted by Gasteiger charge is 2.49. The molecule has 0 amide bonds. The fourth-order valence-electron chi connectivity index (χ4n) is 3.10. The van der Waals surface area contributed by atoms with E-state index in [0.717, 1.165) is 12.8 Å². The maximum absolute atomic E-state index is 12.5. The molecule has 1 saturated carbocycles. The molecule has 29 heavy (non-hydrogen) atoms. The van der Waals surface area contributed by atoms with Crippen LogP contribution in [0.15, 0.2) is 30.0 Å². The van der Waals surface area contributed by atoms with Crippen molar-refractivity contribution < 1.29 is 35.2 Å². The predicted octanol–water partition coefficient (Wildman–Crippen LogP) is 4.18. The largest absolute Gasteiger partial charge is 0.534 e. The maximum atomic E-state index is 12.5. The zero-order chi connectivity index (χ0) is 21.3. The number of nitriles is 1. The number of rotatable bonds is 7. The Morgan fingerprint density at radius 1 is 1.28 bits per heavy atom. The Labute approximate surface area is 167 Å². The number of allylic oxidation sites excluding steroid dienone is 2. The third-order valence-corrected chi connectivity index (χ3v) is 6.08. The molecular weight excluding hydrogens is 411 g/mol. The minimum absolute atomic E-state index is 0.0145. The summed E-state index contributed by atoms with van der Waals surface area (Å²) in [5.41, 5.74) is -5.90. The molecule has 0 spiro atoms. The highest BCUT2D eigenvalue weighted by atomic mass is 32.2. The first-order valence-electron chi connectivity index (χ1n) is 9.02. The van der Waals surface area contributed by atoms with Crippen molar-refractivity contribution in [2.45, 2.75) is 43.0 Å². The van der Waals surface area contributed by atoms with Gasteiger partial charge in [-0.2, -0.15) is 26.9 Å². The highest BCUT2D eigenvalue weighted by molar-refractivity contribution is 7.87. The Balaban J connectivity index is 1.81. The van der Waals surface area contributed by atoms with E-state index in [2.05, 4.69) is 10.3 Å². The molecule has 2 aliphatic carbocycles. The first kappa shape index (κ1) is 21.3. The summed E-state index contributed by atoms with van der Waals surface area (Å²) in [6, 6.07) is 7.31. The molecular formula is C19H20F3NO5S. The number of nitrogens with zero attached hydrogens (tertiary/aromatic N) is 1. The third-order valence-electron chi connectivity index (χ3n) is 5.08. The van der Waals surface area contributed by atoms with Gasteiger partial charge in [0.2, 0.25) is 0 Å². The Kier molecular flexibility index (Phi) is 5.72. The summed E-state index contributed by atoms with van der Waals surface area (Å²) in [6.45, 7) is 0.548. The van der Waals surface area contributed by atoms with Gasteiger partial charge in [0.05, 0.1) is 25.2 Å². The van der Waals surface area contributed by atoms with E-state index in [1.807, 2.05) is 0 Å². The number of ether oxygens (including phenoxy) is 2. The lowest BCUT2D eigenvalue weighted by molar-refractivity contribution is -0.0524. The van der Waals surface area contributed by atoms with Gasteiger partial charge in [0.1, 0.15) is 5.76 Å². The SMILES string of the molecule is COc1ccc(C2(C#N)CC=C(OS(=O)(=O)C(F)(F)F)CC2)cc1OCC1CC1. The summed E-state index contributed by atoms with van der Waals surface area (Å²) in [7, 11) is -4.21. The van der Waals surface area contributed by atoms with Crippen LogP contribution in [0.25, 0.3) is 0 Å². The first-order valence-corrected chi connectivity index (χ1v) is 10.4. The lowest BCUT2D eigenvalue weighted by Gasteiger charge is -2.30. The van der Waals surface area contributed by atoms with Gasteiger partial charge in [0.25, 0.3) is 0 Å². The van der Waals surface area contributed by atoms with Gasteiger partial charge in [-0.15, -0.1) is 0 Å². The number of benzene rings is 1. The van der Waals surface area contributed by atoms with Crippen LogP contribution in [0.1, 0.15) is 37.7 Å². The minimum atomic E-state index is -5.72. The molecule has 2 aliphatic rings. The number of methoxy groups -OCH3 is 1. The smallest absolute Gasteiger partial charge is 0.493 e. The Morgan fingerprint density at radius 2 is 2.00 bits per heavy atom. The van der Waals surface area contributed by atoms with Crippen LogP contribution in [0, 0.1) is 17.2 Å². The van der Waals surface area contributed by atoms with E-state index in [1.165, 1.54) is 13.2 Å². The number of halogens is 3. The van der Waals surface area contributed by atoms with Crippen LogP contribution in [0.5, 0.6) is 11.5 Å². The Morgan fingerprint density at radius 3 is 2.52 bits per heavy atom. The second-order valence-corrected chi connectivity index (χ2v) is 8.71. The fraction of sp³-hybridized carbons (Fsp3) is 0.526. The second kappa shape index (κ2) is 7.78. The molecule has 3 rings (SSSR count). The van der Waals surface area contributed by atoms with Crippen molar-refractivity contribution in [1.82, 2.24) is 0 Å². The van der Waals surface area contributed by atoms with Crippen LogP contribution in [0.3, 0.4) is 0 Å². The summed E-state index contributed by atoms with van der Waals surface area (Å²) in [5, 5.41) is 9.80. The summed E-state index contributed by atoms with van der Waals surface area (Å²) in [5.74, 6) is 1.22. The molecule has 1 fully saturated rings. The first-order chi connectivity index (χ1) is 13.6. The van der Waals surface area contributed by atoms with Crippen molar-refractivity contribution in [2.24, 2.45) is 5.92 Å². The van der Waals surface area contributed by atoms with Gasteiger partial charge in [-0.1, -0.05) is 6.07 Å². The molecule has 0 aliphatic heterocycles. The third kappa shape index (κ3) is 4.61. The lowest BCUT2D eigenvalue weighted by Crippen LogP contribution is -2.29. The van der Waals surface area contributed by atoms with Gasteiger partial charge < -0.3 is 13.7 Å². The van der Waals surface area contributed by atoms with Crippen LogP contribution < -0.4 is 9.47 Å². The monoisotopic (exact) mass is 431 g/mol. The fourth-order valence-corrected chi connectivity index (χ4v) is 3.63. The molecule has 1 atom stereocenters. The van der Waals surface area contributed by atoms with Gasteiger partial charge in [-0.05, 0) is 55.4 Å². The molecule has 0 bridgehead atoms. The van der Waals surface area contributed by atoms with Gasteiger partial charge >= 0.3 is 15.6 Å². The molecule has 1 aromatic rings. The molecule has 1 unspecified atom stereocenters. The molecule has 0 heterocycles. The Bertz CT molecular complexity index is 948. The van der Waals surface area contributed by atoms with Crippen molar-refractivity contribution in [2.75, 3.05) is 13.7 Å². The summed E-state index contributed by atoms with van der Waals surface area (Å²) < 4.78 is 75.2. The lowest BCUT2D eigenvalue weighted by atomic mass is 9.72. The van der Waals surface area contributed by atoms with Crippen molar-refractivity contribution in [3.63, 3.8) is 0 Å². The van der Waals surface area contributed by atoms with Gasteiger partial charge in [-0.25, -0.2) is 0 Å². The summed E-state index contributed by atoms with van der Waals surface area (Å²) in [6.07, 6.45) is 3.45. The van der Waals surface area contributed by atoms with Crippen LogP contribution in [0.2, 0.25) is 0 Å². The Hall–Kier alpha value is -2.41. The molecule has 1 aromatic carbocycles. The molecule has 0 aromatic heterocycles. The van der Waals surface area contributed by atoms with Gasteiger partial charge in [0.15, 0.2) is 11.5 Å².